The van der Waals surface area contributed by atoms with E-state index in [-0.39, 0.29) is 28.1 Å². The van der Waals surface area contributed by atoms with Gasteiger partial charge in [0.1, 0.15) is 9.96 Å². The van der Waals surface area contributed by atoms with Crippen molar-refractivity contribution in [1.82, 2.24) is 0 Å². The summed E-state index contributed by atoms with van der Waals surface area (Å²) in [6.45, 7) is -0.0906. The number of nitrogen functional groups attached to an aromatic ring is 1. The van der Waals surface area contributed by atoms with Gasteiger partial charge in [-0.2, -0.15) is 0 Å². The van der Waals surface area contributed by atoms with Gasteiger partial charge in [-0.05, 0) is 17.5 Å². The molecule has 0 bridgehead atoms. The number of amides is 1. The van der Waals surface area contributed by atoms with Gasteiger partial charge in [-0.15, -0.1) is 11.3 Å². The molecule has 0 fully saturated rings. The lowest BCUT2D eigenvalue weighted by Crippen LogP contribution is -2.25. The van der Waals surface area contributed by atoms with Crippen LogP contribution in [0.15, 0.2) is 33.9 Å². The maximum absolute atomic E-state index is 12.2. The monoisotopic (exact) mass is 325 g/mol. The second-order valence-corrected chi connectivity index (χ2v) is 7.17. The number of anilines is 3. The third-order valence-electron chi connectivity index (χ3n) is 2.79. The van der Waals surface area contributed by atoms with Crippen LogP contribution in [0.25, 0.3) is 0 Å². The molecule has 2 heterocycles. The fourth-order valence-corrected chi connectivity index (χ4v) is 3.91. The van der Waals surface area contributed by atoms with Gasteiger partial charge in [-0.1, -0.05) is 6.07 Å². The quantitative estimate of drug-likeness (QED) is 0.740. The number of hydrogen-bond donors (Lipinski definition) is 3. The van der Waals surface area contributed by atoms with E-state index in [4.69, 9.17) is 10.5 Å². The molecule has 1 aliphatic rings. The smallest absolute Gasteiger partial charge is 0.271 e. The molecule has 3 rings (SSSR count). The summed E-state index contributed by atoms with van der Waals surface area (Å²) >= 11 is 1.10. The van der Waals surface area contributed by atoms with Crippen LogP contribution >= 0.6 is 11.3 Å². The molecule has 1 aliphatic heterocycles. The highest BCUT2D eigenvalue weighted by atomic mass is 32.2. The summed E-state index contributed by atoms with van der Waals surface area (Å²) in [5.41, 5.74) is 6.60. The second kappa shape index (κ2) is 4.93. The number of fused-ring (bicyclic) bond motifs is 1. The fourth-order valence-electron chi connectivity index (χ4n) is 1.84. The number of carbonyl (C=O) groups excluding carboxylic acids is 1. The Bertz CT molecular complexity index is 800. The first-order chi connectivity index (χ1) is 9.95. The molecule has 2 aromatic rings. The number of benzene rings is 1. The zero-order chi connectivity index (χ0) is 15.0. The van der Waals surface area contributed by atoms with E-state index in [1.807, 2.05) is 0 Å². The van der Waals surface area contributed by atoms with Gasteiger partial charge < -0.3 is 15.8 Å². The molecule has 21 heavy (non-hydrogen) atoms. The minimum absolute atomic E-state index is 0.0906. The topological polar surface area (TPSA) is 111 Å². The zero-order valence-corrected chi connectivity index (χ0v) is 12.3. The molecule has 9 heteroatoms. The van der Waals surface area contributed by atoms with Gasteiger partial charge in [-0.3, -0.25) is 9.52 Å². The maximum atomic E-state index is 12.2. The van der Waals surface area contributed by atoms with Crippen LogP contribution in [0.1, 0.15) is 0 Å². The maximum Gasteiger partial charge on any atom is 0.271 e. The van der Waals surface area contributed by atoms with Crippen LogP contribution in [-0.4, -0.2) is 20.9 Å². The number of rotatable bonds is 3. The van der Waals surface area contributed by atoms with Crippen LogP contribution in [0.5, 0.6) is 5.75 Å². The van der Waals surface area contributed by atoms with Crippen LogP contribution in [0, 0.1) is 0 Å². The molecule has 4 N–H and O–H groups in total. The third kappa shape index (κ3) is 2.65. The van der Waals surface area contributed by atoms with E-state index in [1.165, 1.54) is 18.2 Å². The Morgan fingerprint density at radius 3 is 2.90 bits per heavy atom. The van der Waals surface area contributed by atoms with Crippen molar-refractivity contribution in [3.8, 4) is 5.75 Å². The molecule has 0 spiro atoms. The summed E-state index contributed by atoms with van der Waals surface area (Å²) < 4.78 is 32.1. The van der Waals surface area contributed by atoms with Gasteiger partial charge in [0.15, 0.2) is 6.61 Å². The molecule has 0 saturated heterocycles. The van der Waals surface area contributed by atoms with Crippen molar-refractivity contribution in [2.24, 2.45) is 0 Å². The highest BCUT2D eigenvalue weighted by Crippen LogP contribution is 2.36. The van der Waals surface area contributed by atoms with Gasteiger partial charge in [-0.25, -0.2) is 8.42 Å². The molecule has 1 amide bonds. The van der Waals surface area contributed by atoms with E-state index in [0.717, 1.165) is 11.3 Å². The molecule has 1 aromatic carbocycles. The number of nitrogens with two attached hydrogens (primary N) is 1. The third-order valence-corrected chi connectivity index (χ3v) is 5.55. The largest absolute Gasteiger partial charge is 0.482 e. The second-order valence-electron chi connectivity index (χ2n) is 4.31. The van der Waals surface area contributed by atoms with Crippen molar-refractivity contribution in [3.63, 3.8) is 0 Å². The van der Waals surface area contributed by atoms with Crippen molar-refractivity contribution in [2.75, 3.05) is 22.4 Å². The van der Waals surface area contributed by atoms with Crippen molar-refractivity contribution >= 4 is 44.3 Å². The van der Waals surface area contributed by atoms with Crippen LogP contribution in [0.4, 0.5) is 17.1 Å². The van der Waals surface area contributed by atoms with Crippen molar-refractivity contribution in [2.45, 2.75) is 4.21 Å². The Morgan fingerprint density at radius 1 is 1.38 bits per heavy atom. The standard InChI is InChI=1S/C12H11N3O4S2/c13-7-4-10-9(14-11(16)6-19-10)5-8(7)15-21(17,18)12-2-1-3-20-12/h1-5,15H,6,13H2,(H,14,16). The fraction of sp³-hybridized carbons (Fsp3) is 0.0833. The summed E-state index contributed by atoms with van der Waals surface area (Å²) in [5.74, 6) is 0.102. The predicted molar refractivity (Wildman–Crippen MR) is 80.1 cm³/mol. The molecular formula is C12H11N3O4S2. The zero-order valence-electron chi connectivity index (χ0n) is 10.6. The SMILES string of the molecule is Nc1cc2c(cc1NS(=O)(=O)c1cccs1)NC(=O)CO2. The summed E-state index contributed by atoms with van der Waals surface area (Å²) in [6, 6.07) is 6.05. The number of thiophene rings is 1. The van der Waals surface area contributed by atoms with Crippen LogP contribution in [0.2, 0.25) is 0 Å². The molecular weight excluding hydrogens is 314 g/mol. The Hall–Kier alpha value is -2.26. The molecule has 7 nitrogen and oxygen atoms in total. The molecule has 1 aromatic heterocycles. The van der Waals surface area contributed by atoms with E-state index in [0.29, 0.717) is 11.4 Å². The highest BCUT2D eigenvalue weighted by molar-refractivity contribution is 7.94. The van der Waals surface area contributed by atoms with E-state index in [2.05, 4.69) is 10.0 Å². The Labute approximate surface area is 124 Å². The van der Waals surface area contributed by atoms with Crippen molar-refractivity contribution in [3.05, 3.63) is 29.6 Å². The minimum atomic E-state index is -3.70. The lowest BCUT2D eigenvalue weighted by Gasteiger charge is -2.20. The lowest BCUT2D eigenvalue weighted by atomic mass is 10.2. The van der Waals surface area contributed by atoms with E-state index >= 15 is 0 Å². The summed E-state index contributed by atoms with van der Waals surface area (Å²) in [5, 5.41) is 4.26. The summed E-state index contributed by atoms with van der Waals surface area (Å²) in [6.07, 6.45) is 0. The first kappa shape index (κ1) is 13.7. The van der Waals surface area contributed by atoms with E-state index in [9.17, 15) is 13.2 Å². The van der Waals surface area contributed by atoms with Crippen molar-refractivity contribution < 1.29 is 17.9 Å². The summed E-state index contributed by atoms with van der Waals surface area (Å²) in [7, 11) is -3.70. The normalized spacial score (nSPS) is 14.0. The van der Waals surface area contributed by atoms with Gasteiger partial charge in [0.2, 0.25) is 0 Å². The van der Waals surface area contributed by atoms with Crippen LogP contribution < -0.4 is 20.5 Å². The predicted octanol–water partition coefficient (Wildman–Crippen LogP) is 1.46. The Kier molecular flexibility index (Phi) is 3.22. The molecule has 0 atom stereocenters. The lowest BCUT2D eigenvalue weighted by molar-refractivity contribution is -0.118. The molecule has 110 valence electrons. The van der Waals surface area contributed by atoms with Gasteiger partial charge in [0, 0.05) is 6.07 Å². The highest BCUT2D eigenvalue weighted by Gasteiger charge is 2.21. The first-order valence-corrected chi connectivity index (χ1v) is 8.24. The summed E-state index contributed by atoms with van der Waals surface area (Å²) in [4.78, 5) is 11.3. The van der Waals surface area contributed by atoms with Crippen molar-refractivity contribution in [1.29, 1.82) is 0 Å². The molecule has 0 saturated carbocycles. The van der Waals surface area contributed by atoms with E-state index < -0.39 is 10.0 Å². The number of nitrogens with one attached hydrogen (secondary N) is 2. The van der Waals surface area contributed by atoms with Gasteiger partial charge >= 0.3 is 0 Å². The Morgan fingerprint density at radius 2 is 2.19 bits per heavy atom. The molecule has 0 radical (unpaired) electrons. The van der Waals surface area contributed by atoms with Gasteiger partial charge in [0.25, 0.3) is 15.9 Å². The Balaban J connectivity index is 1.96. The first-order valence-electron chi connectivity index (χ1n) is 5.88. The number of carbonyl (C=O) groups is 1. The number of hydrogen-bond acceptors (Lipinski definition) is 6. The molecule has 0 unspecified atom stereocenters. The van der Waals surface area contributed by atoms with E-state index in [1.54, 1.807) is 11.4 Å². The minimum Gasteiger partial charge on any atom is -0.482 e. The molecule has 0 aliphatic carbocycles. The van der Waals surface area contributed by atoms with Crippen LogP contribution in [0.3, 0.4) is 0 Å². The van der Waals surface area contributed by atoms with Gasteiger partial charge in [0.05, 0.1) is 17.1 Å². The van der Waals surface area contributed by atoms with Crippen LogP contribution in [-0.2, 0) is 14.8 Å². The number of sulfonamides is 1. The average Bonchev–Trinajstić information content (AvgIpc) is 2.94. The average molecular weight is 325 g/mol. The number of ether oxygens (including phenoxy) is 1.